The highest BCUT2D eigenvalue weighted by molar-refractivity contribution is 8.93. The quantitative estimate of drug-likeness (QED) is 0.428. The smallest absolute Gasteiger partial charge is 0.170 e. The van der Waals surface area contributed by atoms with E-state index in [1.807, 2.05) is 56.3 Å². The van der Waals surface area contributed by atoms with E-state index >= 15 is 0 Å². The van der Waals surface area contributed by atoms with Gasteiger partial charge < -0.3 is 4.90 Å². The molecule has 0 heterocycles. The second-order valence-electron chi connectivity index (χ2n) is 5.27. The van der Waals surface area contributed by atoms with Crippen molar-refractivity contribution in [3.8, 4) is 0 Å². The van der Waals surface area contributed by atoms with Crippen LogP contribution in [-0.4, -0.2) is 37.1 Å². The third kappa shape index (κ3) is 6.36. The molecule has 0 aliphatic carbocycles. The number of halogens is 1. The predicted octanol–water partition coefficient (Wildman–Crippen LogP) is 3.39. The van der Waals surface area contributed by atoms with Crippen LogP contribution < -0.4 is 0 Å². The van der Waals surface area contributed by atoms with Crippen LogP contribution in [0.3, 0.4) is 0 Å². The van der Waals surface area contributed by atoms with E-state index in [1.54, 1.807) is 13.0 Å². The van der Waals surface area contributed by atoms with Gasteiger partial charge in [-0.15, -0.1) is 17.0 Å². The first kappa shape index (κ1) is 19.7. The summed E-state index contributed by atoms with van der Waals surface area (Å²) in [7, 11) is 3.85. The predicted molar refractivity (Wildman–Crippen MR) is 92.8 cm³/mol. The molecule has 0 saturated carbocycles. The van der Waals surface area contributed by atoms with Gasteiger partial charge in [0.25, 0.3) is 0 Å². The first-order valence-electron chi connectivity index (χ1n) is 6.94. The first-order chi connectivity index (χ1) is 9.45. The Kier molecular flexibility index (Phi) is 9.06. The van der Waals surface area contributed by atoms with E-state index in [4.69, 9.17) is 0 Å². The average Bonchev–Trinajstić information content (AvgIpc) is 2.43. The van der Waals surface area contributed by atoms with Crippen molar-refractivity contribution in [2.45, 2.75) is 20.3 Å². The topological polar surface area (TPSA) is 37.4 Å². The standard InChI is InChI=1S/C17H23NO2.BrH/c1-5-16(19)15(11-14-9-7-6-8-10-14)17(20)13(2)12-18(3)4;/h6-11,13H,5,12H2,1-4H3;1H/b15-11+;. The minimum absolute atomic E-state index is 0. The van der Waals surface area contributed by atoms with Crippen LogP contribution >= 0.6 is 17.0 Å². The summed E-state index contributed by atoms with van der Waals surface area (Å²) in [6.45, 7) is 4.29. The summed E-state index contributed by atoms with van der Waals surface area (Å²) in [4.78, 5) is 26.5. The van der Waals surface area contributed by atoms with Crippen LogP contribution in [0.1, 0.15) is 25.8 Å². The van der Waals surface area contributed by atoms with Gasteiger partial charge in [-0.3, -0.25) is 9.59 Å². The van der Waals surface area contributed by atoms with Gasteiger partial charge in [0.1, 0.15) is 0 Å². The molecule has 0 amide bonds. The Morgan fingerprint density at radius 1 is 1.19 bits per heavy atom. The molecule has 1 aromatic carbocycles. The van der Waals surface area contributed by atoms with Crippen molar-refractivity contribution in [2.24, 2.45) is 5.92 Å². The lowest BCUT2D eigenvalue weighted by Gasteiger charge is -2.17. The molecule has 1 aromatic rings. The van der Waals surface area contributed by atoms with Crippen LogP contribution in [-0.2, 0) is 9.59 Å². The number of benzene rings is 1. The van der Waals surface area contributed by atoms with Gasteiger partial charge in [-0.05, 0) is 25.7 Å². The summed E-state index contributed by atoms with van der Waals surface area (Å²) in [5.74, 6) is -0.352. The third-order valence-corrected chi connectivity index (χ3v) is 3.08. The van der Waals surface area contributed by atoms with Gasteiger partial charge in [0.05, 0.1) is 5.57 Å². The fourth-order valence-electron chi connectivity index (χ4n) is 2.09. The van der Waals surface area contributed by atoms with Crippen LogP contribution in [0.15, 0.2) is 35.9 Å². The number of rotatable bonds is 7. The van der Waals surface area contributed by atoms with E-state index in [2.05, 4.69) is 0 Å². The number of hydrogen-bond acceptors (Lipinski definition) is 3. The molecule has 0 bridgehead atoms. The Morgan fingerprint density at radius 2 is 1.76 bits per heavy atom. The molecule has 0 saturated heterocycles. The molecule has 0 radical (unpaired) electrons. The number of nitrogens with zero attached hydrogens (tertiary/aromatic N) is 1. The van der Waals surface area contributed by atoms with Gasteiger partial charge in [0.2, 0.25) is 0 Å². The number of allylic oxidation sites excluding steroid dienone is 1. The van der Waals surface area contributed by atoms with Gasteiger partial charge in [-0.2, -0.15) is 0 Å². The summed E-state index contributed by atoms with van der Waals surface area (Å²) >= 11 is 0. The Morgan fingerprint density at radius 3 is 2.24 bits per heavy atom. The van der Waals surface area contributed by atoms with Crippen molar-refractivity contribution < 1.29 is 9.59 Å². The van der Waals surface area contributed by atoms with Crippen molar-refractivity contribution in [2.75, 3.05) is 20.6 Å². The number of carbonyl (C=O) groups excluding carboxylic acids is 2. The van der Waals surface area contributed by atoms with Gasteiger partial charge in [0.15, 0.2) is 11.6 Å². The zero-order valence-electron chi connectivity index (χ0n) is 13.1. The summed E-state index contributed by atoms with van der Waals surface area (Å²) in [6.07, 6.45) is 2.05. The molecule has 0 spiro atoms. The van der Waals surface area contributed by atoms with Crippen LogP contribution in [0.4, 0.5) is 0 Å². The zero-order chi connectivity index (χ0) is 15.1. The molecule has 0 aromatic heterocycles. The molecule has 21 heavy (non-hydrogen) atoms. The van der Waals surface area contributed by atoms with Crippen molar-refractivity contribution in [1.82, 2.24) is 4.90 Å². The van der Waals surface area contributed by atoms with Gasteiger partial charge in [-0.25, -0.2) is 0 Å². The largest absolute Gasteiger partial charge is 0.309 e. The molecule has 0 fully saturated rings. The summed E-state index contributed by atoms with van der Waals surface area (Å²) < 4.78 is 0. The minimum Gasteiger partial charge on any atom is -0.309 e. The monoisotopic (exact) mass is 353 g/mol. The van der Waals surface area contributed by atoms with Crippen LogP contribution in [0, 0.1) is 5.92 Å². The fraction of sp³-hybridized carbons (Fsp3) is 0.412. The zero-order valence-corrected chi connectivity index (χ0v) is 14.8. The minimum atomic E-state index is -0.185. The lowest BCUT2D eigenvalue weighted by atomic mass is 9.93. The van der Waals surface area contributed by atoms with Crippen molar-refractivity contribution >= 4 is 34.6 Å². The maximum absolute atomic E-state index is 12.5. The van der Waals surface area contributed by atoms with E-state index in [-0.39, 0.29) is 34.5 Å². The molecule has 1 atom stereocenters. The van der Waals surface area contributed by atoms with Crippen molar-refractivity contribution in [3.05, 3.63) is 41.5 Å². The van der Waals surface area contributed by atoms with Gasteiger partial charge in [-0.1, -0.05) is 44.2 Å². The van der Waals surface area contributed by atoms with Crippen molar-refractivity contribution in [3.63, 3.8) is 0 Å². The Bertz CT molecular complexity index is 495. The maximum atomic E-state index is 12.5. The molecule has 4 heteroatoms. The normalized spacial score (nSPS) is 12.7. The fourth-order valence-corrected chi connectivity index (χ4v) is 2.09. The Labute approximate surface area is 137 Å². The SMILES string of the molecule is Br.CCC(=O)/C(=C\c1ccccc1)C(=O)C(C)CN(C)C. The maximum Gasteiger partial charge on any atom is 0.170 e. The second kappa shape index (κ2) is 9.64. The molecule has 0 N–H and O–H groups in total. The van der Waals surface area contributed by atoms with E-state index in [9.17, 15) is 9.59 Å². The van der Waals surface area contributed by atoms with Crippen LogP contribution in [0.25, 0.3) is 6.08 Å². The summed E-state index contributed by atoms with van der Waals surface area (Å²) in [5, 5.41) is 0. The van der Waals surface area contributed by atoms with Gasteiger partial charge in [0, 0.05) is 18.9 Å². The summed E-state index contributed by atoms with van der Waals surface area (Å²) in [5.41, 5.74) is 1.20. The van der Waals surface area contributed by atoms with Crippen LogP contribution in [0.2, 0.25) is 0 Å². The molecule has 1 rings (SSSR count). The summed E-state index contributed by atoms with van der Waals surface area (Å²) in [6, 6.07) is 9.50. The van der Waals surface area contributed by atoms with Crippen LogP contribution in [0.5, 0.6) is 0 Å². The Balaban J connectivity index is 0.00000400. The highest BCUT2D eigenvalue weighted by Crippen LogP contribution is 2.15. The Hall–Kier alpha value is -1.26. The highest BCUT2D eigenvalue weighted by atomic mass is 79.9. The van der Waals surface area contributed by atoms with E-state index < -0.39 is 0 Å². The molecular formula is C17H24BrNO2. The third-order valence-electron chi connectivity index (χ3n) is 3.08. The molecule has 1 unspecified atom stereocenters. The number of carbonyl (C=O) groups is 2. The van der Waals surface area contributed by atoms with Gasteiger partial charge >= 0.3 is 0 Å². The molecule has 3 nitrogen and oxygen atoms in total. The number of hydrogen-bond donors (Lipinski definition) is 0. The number of ketones is 2. The highest BCUT2D eigenvalue weighted by Gasteiger charge is 2.22. The number of Topliss-reactive ketones (excluding diaryl/α,β-unsaturated/α-hetero) is 2. The van der Waals surface area contributed by atoms with E-state index in [0.29, 0.717) is 18.5 Å². The average molecular weight is 354 g/mol. The lowest BCUT2D eigenvalue weighted by molar-refractivity contribution is -0.123. The lowest BCUT2D eigenvalue weighted by Crippen LogP contribution is -2.28. The van der Waals surface area contributed by atoms with E-state index in [1.165, 1.54) is 0 Å². The second-order valence-corrected chi connectivity index (χ2v) is 5.27. The molecular weight excluding hydrogens is 330 g/mol. The molecule has 116 valence electrons. The van der Waals surface area contributed by atoms with Crippen molar-refractivity contribution in [1.29, 1.82) is 0 Å². The molecule has 0 aliphatic heterocycles. The molecule has 0 aliphatic rings. The first-order valence-corrected chi connectivity index (χ1v) is 6.94. The van der Waals surface area contributed by atoms with E-state index in [0.717, 1.165) is 5.56 Å².